The second-order valence-electron chi connectivity index (χ2n) is 4.83. The predicted octanol–water partition coefficient (Wildman–Crippen LogP) is 1.83. The molecule has 3 unspecified atom stereocenters. The van der Waals surface area contributed by atoms with Crippen molar-refractivity contribution in [3.05, 3.63) is 32.9 Å². The molecule has 3 atom stereocenters. The highest BCUT2D eigenvalue weighted by atomic mass is 127. The van der Waals surface area contributed by atoms with Crippen LogP contribution in [0.15, 0.2) is 18.2 Å². The zero-order valence-corrected chi connectivity index (χ0v) is 13.3. The largest absolute Gasteiger partial charge is 0.376 e. The van der Waals surface area contributed by atoms with E-state index < -0.39 is 0 Å². The van der Waals surface area contributed by atoms with Gasteiger partial charge in [0.2, 0.25) is 0 Å². The number of carbonyl (C=O) groups is 1. The SMILES string of the molecule is CCOC1CC(N)C1NC(=O)c1cccc(C)c1I. The molecule has 1 aliphatic carbocycles. The number of aryl methyl sites for hydroxylation is 1. The van der Waals surface area contributed by atoms with Crippen LogP contribution in [0.25, 0.3) is 0 Å². The van der Waals surface area contributed by atoms with Gasteiger partial charge in [-0.3, -0.25) is 4.79 Å². The molecule has 1 fully saturated rings. The van der Waals surface area contributed by atoms with Gasteiger partial charge in [-0.1, -0.05) is 12.1 Å². The highest BCUT2D eigenvalue weighted by Gasteiger charge is 2.40. The van der Waals surface area contributed by atoms with E-state index in [1.807, 2.05) is 32.0 Å². The van der Waals surface area contributed by atoms with E-state index in [1.165, 1.54) is 0 Å². The molecule has 0 aromatic heterocycles. The van der Waals surface area contributed by atoms with E-state index >= 15 is 0 Å². The summed E-state index contributed by atoms with van der Waals surface area (Å²) in [6.45, 7) is 4.59. The van der Waals surface area contributed by atoms with Gasteiger partial charge in [0.25, 0.3) is 5.91 Å². The molecule has 19 heavy (non-hydrogen) atoms. The fourth-order valence-corrected chi connectivity index (χ4v) is 2.88. The molecule has 0 radical (unpaired) electrons. The van der Waals surface area contributed by atoms with E-state index in [9.17, 15) is 4.79 Å². The molecule has 0 spiro atoms. The summed E-state index contributed by atoms with van der Waals surface area (Å²) in [6, 6.07) is 5.64. The molecule has 1 amide bonds. The quantitative estimate of drug-likeness (QED) is 0.791. The molecular weight excluding hydrogens is 355 g/mol. The number of halogens is 1. The Bertz CT molecular complexity index is 477. The minimum atomic E-state index is -0.0798. The Morgan fingerprint density at radius 3 is 2.95 bits per heavy atom. The standard InChI is InChI=1S/C14H19IN2O2/c1-3-19-11-7-10(16)13(11)17-14(18)9-6-4-5-8(2)12(9)15/h4-6,10-11,13H,3,7,16H2,1-2H3,(H,17,18). The maximum atomic E-state index is 12.3. The minimum Gasteiger partial charge on any atom is -0.376 e. The lowest BCUT2D eigenvalue weighted by Crippen LogP contribution is -2.64. The summed E-state index contributed by atoms with van der Waals surface area (Å²) in [5.41, 5.74) is 7.75. The summed E-state index contributed by atoms with van der Waals surface area (Å²) in [5.74, 6) is -0.0713. The maximum absolute atomic E-state index is 12.3. The molecule has 0 heterocycles. The number of rotatable bonds is 4. The molecule has 1 aliphatic rings. The normalized spacial score (nSPS) is 25.8. The number of nitrogens with one attached hydrogen (secondary N) is 1. The Morgan fingerprint density at radius 1 is 1.58 bits per heavy atom. The lowest BCUT2D eigenvalue weighted by atomic mass is 9.83. The van der Waals surface area contributed by atoms with Gasteiger partial charge >= 0.3 is 0 Å². The van der Waals surface area contributed by atoms with E-state index in [-0.39, 0.29) is 24.1 Å². The Morgan fingerprint density at radius 2 is 2.32 bits per heavy atom. The average Bonchev–Trinajstić information content (AvgIpc) is 2.39. The van der Waals surface area contributed by atoms with Gasteiger partial charge in [0.15, 0.2) is 0 Å². The number of hydrogen-bond acceptors (Lipinski definition) is 3. The average molecular weight is 374 g/mol. The molecule has 0 saturated heterocycles. The molecule has 3 N–H and O–H groups in total. The first-order valence-electron chi connectivity index (χ1n) is 6.47. The number of hydrogen-bond donors (Lipinski definition) is 2. The number of benzene rings is 1. The summed E-state index contributed by atoms with van der Waals surface area (Å²) >= 11 is 2.20. The van der Waals surface area contributed by atoms with Gasteiger partial charge in [0, 0.05) is 16.2 Å². The van der Waals surface area contributed by atoms with Crippen LogP contribution in [0.4, 0.5) is 0 Å². The third kappa shape index (κ3) is 3.09. The van der Waals surface area contributed by atoms with Crippen molar-refractivity contribution in [2.75, 3.05) is 6.61 Å². The van der Waals surface area contributed by atoms with Gasteiger partial charge in [0.1, 0.15) is 0 Å². The molecule has 104 valence electrons. The highest BCUT2D eigenvalue weighted by Crippen LogP contribution is 2.24. The molecule has 1 aromatic carbocycles. The van der Waals surface area contributed by atoms with Crippen LogP contribution in [0.3, 0.4) is 0 Å². The molecule has 1 aromatic rings. The molecule has 4 nitrogen and oxygen atoms in total. The van der Waals surface area contributed by atoms with Crippen LogP contribution < -0.4 is 11.1 Å². The molecular formula is C14H19IN2O2. The van der Waals surface area contributed by atoms with Crippen LogP contribution in [0.2, 0.25) is 0 Å². The smallest absolute Gasteiger partial charge is 0.252 e. The molecule has 1 saturated carbocycles. The summed E-state index contributed by atoms with van der Waals surface area (Å²) in [7, 11) is 0. The van der Waals surface area contributed by atoms with Gasteiger partial charge in [-0.05, 0) is 54.5 Å². The van der Waals surface area contributed by atoms with Crippen LogP contribution in [-0.4, -0.2) is 30.7 Å². The lowest BCUT2D eigenvalue weighted by Gasteiger charge is -2.42. The van der Waals surface area contributed by atoms with E-state index in [1.54, 1.807) is 0 Å². The second kappa shape index (κ2) is 6.19. The summed E-state index contributed by atoms with van der Waals surface area (Å²) in [5, 5.41) is 2.99. The molecule has 0 bridgehead atoms. The van der Waals surface area contributed by atoms with E-state index in [0.717, 1.165) is 15.6 Å². The lowest BCUT2D eigenvalue weighted by molar-refractivity contribution is -0.0300. The van der Waals surface area contributed by atoms with E-state index in [0.29, 0.717) is 12.2 Å². The van der Waals surface area contributed by atoms with Crippen LogP contribution >= 0.6 is 22.6 Å². The van der Waals surface area contributed by atoms with Crippen LogP contribution in [0.1, 0.15) is 29.3 Å². The topological polar surface area (TPSA) is 64.3 Å². The zero-order chi connectivity index (χ0) is 14.0. The maximum Gasteiger partial charge on any atom is 0.252 e. The van der Waals surface area contributed by atoms with E-state index in [2.05, 4.69) is 27.9 Å². The monoisotopic (exact) mass is 374 g/mol. The number of amides is 1. The highest BCUT2D eigenvalue weighted by molar-refractivity contribution is 14.1. The third-order valence-electron chi connectivity index (χ3n) is 3.48. The minimum absolute atomic E-state index is 0.0111. The van der Waals surface area contributed by atoms with Crippen molar-refractivity contribution in [3.63, 3.8) is 0 Å². The fraction of sp³-hybridized carbons (Fsp3) is 0.500. The van der Waals surface area contributed by atoms with Gasteiger partial charge in [0.05, 0.1) is 17.7 Å². The molecule has 2 rings (SSSR count). The zero-order valence-electron chi connectivity index (χ0n) is 11.2. The summed E-state index contributed by atoms with van der Waals surface area (Å²) < 4.78 is 6.54. The fourth-order valence-electron chi connectivity index (χ4n) is 2.28. The molecule has 0 aliphatic heterocycles. The number of ether oxygens (including phenoxy) is 1. The van der Waals surface area contributed by atoms with Crippen molar-refractivity contribution in [2.45, 2.75) is 38.5 Å². The number of carbonyl (C=O) groups excluding carboxylic acids is 1. The first kappa shape index (κ1) is 14.7. The van der Waals surface area contributed by atoms with Crippen molar-refractivity contribution in [1.82, 2.24) is 5.32 Å². The van der Waals surface area contributed by atoms with E-state index in [4.69, 9.17) is 10.5 Å². The Balaban J connectivity index is 2.06. The third-order valence-corrected chi connectivity index (χ3v) is 4.91. The van der Waals surface area contributed by atoms with Crippen LogP contribution in [-0.2, 0) is 4.74 Å². The van der Waals surface area contributed by atoms with Crippen molar-refractivity contribution >= 4 is 28.5 Å². The van der Waals surface area contributed by atoms with Gasteiger partial charge in [-0.25, -0.2) is 0 Å². The Kier molecular flexibility index (Phi) is 4.81. The second-order valence-corrected chi connectivity index (χ2v) is 5.91. The Labute approximate surface area is 127 Å². The van der Waals surface area contributed by atoms with Crippen molar-refractivity contribution in [2.24, 2.45) is 5.73 Å². The van der Waals surface area contributed by atoms with Gasteiger partial charge < -0.3 is 15.8 Å². The van der Waals surface area contributed by atoms with Crippen molar-refractivity contribution in [3.8, 4) is 0 Å². The summed E-state index contributed by atoms with van der Waals surface area (Å²) in [6.07, 6.45) is 0.857. The van der Waals surface area contributed by atoms with Crippen molar-refractivity contribution in [1.29, 1.82) is 0 Å². The first-order chi connectivity index (χ1) is 9.04. The van der Waals surface area contributed by atoms with Gasteiger partial charge in [-0.2, -0.15) is 0 Å². The van der Waals surface area contributed by atoms with Crippen LogP contribution in [0, 0.1) is 10.5 Å². The van der Waals surface area contributed by atoms with Crippen molar-refractivity contribution < 1.29 is 9.53 Å². The predicted molar refractivity (Wildman–Crippen MR) is 83.2 cm³/mol. The summed E-state index contributed by atoms with van der Waals surface area (Å²) in [4.78, 5) is 12.3. The van der Waals surface area contributed by atoms with Gasteiger partial charge in [-0.15, -0.1) is 0 Å². The first-order valence-corrected chi connectivity index (χ1v) is 7.55. The number of nitrogens with two attached hydrogens (primary N) is 1. The molecule has 5 heteroatoms. The Hall–Kier alpha value is -0.660. The van der Waals surface area contributed by atoms with Crippen LogP contribution in [0.5, 0.6) is 0 Å².